The SMILES string of the molecule is CCC1OCCC1CNc1ccncc1N. The maximum absolute atomic E-state index is 5.82. The second-order valence-electron chi connectivity index (χ2n) is 4.21. The predicted octanol–water partition coefficient (Wildman–Crippen LogP) is 1.89. The van der Waals surface area contributed by atoms with Crippen LogP contribution in [0.3, 0.4) is 0 Å². The third-order valence-electron chi connectivity index (χ3n) is 3.16. The highest BCUT2D eigenvalue weighted by molar-refractivity contribution is 5.64. The molecule has 1 aromatic rings. The Balaban J connectivity index is 1.90. The van der Waals surface area contributed by atoms with Crippen molar-refractivity contribution < 1.29 is 4.74 Å². The molecular formula is C12H19N3O. The molecule has 1 aromatic heterocycles. The van der Waals surface area contributed by atoms with Crippen molar-refractivity contribution in [3.63, 3.8) is 0 Å². The smallest absolute Gasteiger partial charge is 0.0736 e. The standard InChI is InChI=1S/C12H19N3O/c1-2-12-9(4-6-16-12)7-15-11-3-5-14-8-10(11)13/h3,5,8-9,12H,2,4,6-7,13H2,1H3,(H,14,15). The molecule has 2 heterocycles. The first-order valence-electron chi connectivity index (χ1n) is 5.86. The van der Waals surface area contributed by atoms with Crippen LogP contribution in [0.4, 0.5) is 11.4 Å². The van der Waals surface area contributed by atoms with E-state index in [0.29, 0.717) is 17.7 Å². The molecule has 4 nitrogen and oxygen atoms in total. The van der Waals surface area contributed by atoms with Gasteiger partial charge in [0, 0.05) is 25.3 Å². The molecule has 0 bridgehead atoms. The van der Waals surface area contributed by atoms with Crippen molar-refractivity contribution in [3.05, 3.63) is 18.5 Å². The van der Waals surface area contributed by atoms with Crippen LogP contribution in [0.25, 0.3) is 0 Å². The van der Waals surface area contributed by atoms with E-state index < -0.39 is 0 Å². The van der Waals surface area contributed by atoms with E-state index in [4.69, 9.17) is 10.5 Å². The number of aromatic nitrogens is 1. The van der Waals surface area contributed by atoms with Gasteiger partial charge < -0.3 is 15.8 Å². The molecule has 1 fully saturated rings. The molecule has 4 heteroatoms. The van der Waals surface area contributed by atoms with E-state index in [1.165, 1.54) is 0 Å². The van der Waals surface area contributed by atoms with Gasteiger partial charge >= 0.3 is 0 Å². The van der Waals surface area contributed by atoms with E-state index in [1.54, 1.807) is 12.4 Å². The largest absolute Gasteiger partial charge is 0.396 e. The van der Waals surface area contributed by atoms with Crippen LogP contribution in [-0.2, 0) is 4.74 Å². The Morgan fingerprint density at radius 3 is 3.25 bits per heavy atom. The van der Waals surface area contributed by atoms with Crippen LogP contribution in [0.5, 0.6) is 0 Å². The van der Waals surface area contributed by atoms with Crippen molar-refractivity contribution in [1.82, 2.24) is 4.98 Å². The summed E-state index contributed by atoms with van der Waals surface area (Å²) in [5.74, 6) is 0.595. The molecule has 2 unspecified atom stereocenters. The van der Waals surface area contributed by atoms with Gasteiger partial charge in [0.15, 0.2) is 0 Å². The van der Waals surface area contributed by atoms with Gasteiger partial charge in [-0.1, -0.05) is 6.92 Å². The monoisotopic (exact) mass is 221 g/mol. The highest BCUT2D eigenvalue weighted by Gasteiger charge is 2.26. The van der Waals surface area contributed by atoms with Crippen LogP contribution >= 0.6 is 0 Å². The zero-order valence-electron chi connectivity index (χ0n) is 9.65. The topological polar surface area (TPSA) is 60.2 Å². The summed E-state index contributed by atoms with van der Waals surface area (Å²) >= 11 is 0. The number of anilines is 2. The minimum atomic E-state index is 0.399. The van der Waals surface area contributed by atoms with Gasteiger partial charge in [-0.2, -0.15) is 0 Å². The fraction of sp³-hybridized carbons (Fsp3) is 0.583. The lowest BCUT2D eigenvalue weighted by molar-refractivity contribution is 0.0900. The third-order valence-corrected chi connectivity index (χ3v) is 3.16. The lowest BCUT2D eigenvalue weighted by Gasteiger charge is -2.18. The predicted molar refractivity (Wildman–Crippen MR) is 65.3 cm³/mol. The number of hydrogen-bond acceptors (Lipinski definition) is 4. The molecule has 1 saturated heterocycles. The molecule has 0 radical (unpaired) electrons. The zero-order chi connectivity index (χ0) is 11.4. The van der Waals surface area contributed by atoms with E-state index in [0.717, 1.165) is 31.7 Å². The molecular weight excluding hydrogens is 202 g/mol. The van der Waals surface area contributed by atoms with Crippen molar-refractivity contribution in [3.8, 4) is 0 Å². The number of nitrogen functional groups attached to an aromatic ring is 1. The fourth-order valence-corrected chi connectivity index (χ4v) is 2.19. The van der Waals surface area contributed by atoms with Crippen LogP contribution in [-0.4, -0.2) is 24.2 Å². The third kappa shape index (κ3) is 2.44. The number of rotatable bonds is 4. The molecule has 0 aromatic carbocycles. The summed E-state index contributed by atoms with van der Waals surface area (Å²) in [7, 11) is 0. The summed E-state index contributed by atoms with van der Waals surface area (Å²) in [6, 6.07) is 1.91. The van der Waals surface area contributed by atoms with Crippen LogP contribution in [0.2, 0.25) is 0 Å². The molecule has 0 amide bonds. The van der Waals surface area contributed by atoms with E-state index in [9.17, 15) is 0 Å². The highest BCUT2D eigenvalue weighted by Crippen LogP contribution is 2.24. The van der Waals surface area contributed by atoms with Crippen LogP contribution in [0.1, 0.15) is 19.8 Å². The van der Waals surface area contributed by atoms with Gasteiger partial charge in [-0.3, -0.25) is 4.98 Å². The van der Waals surface area contributed by atoms with Crippen molar-refractivity contribution in [2.24, 2.45) is 5.92 Å². The van der Waals surface area contributed by atoms with Crippen molar-refractivity contribution in [1.29, 1.82) is 0 Å². The summed E-state index contributed by atoms with van der Waals surface area (Å²) < 4.78 is 5.65. The second kappa shape index (κ2) is 5.16. The Kier molecular flexibility index (Phi) is 3.62. The van der Waals surface area contributed by atoms with Gasteiger partial charge in [0.05, 0.1) is 23.7 Å². The molecule has 2 atom stereocenters. The minimum absolute atomic E-state index is 0.399. The number of pyridine rings is 1. The first kappa shape index (κ1) is 11.2. The summed E-state index contributed by atoms with van der Waals surface area (Å²) in [5.41, 5.74) is 7.49. The van der Waals surface area contributed by atoms with Gasteiger partial charge in [-0.05, 0) is 18.9 Å². The Morgan fingerprint density at radius 1 is 1.62 bits per heavy atom. The van der Waals surface area contributed by atoms with Crippen molar-refractivity contribution >= 4 is 11.4 Å². The minimum Gasteiger partial charge on any atom is -0.396 e. The van der Waals surface area contributed by atoms with Gasteiger partial charge in [0.2, 0.25) is 0 Å². The Bertz CT molecular complexity index is 343. The summed E-state index contributed by atoms with van der Waals surface area (Å²) in [5, 5.41) is 3.37. The molecule has 0 aliphatic carbocycles. The highest BCUT2D eigenvalue weighted by atomic mass is 16.5. The fourth-order valence-electron chi connectivity index (χ4n) is 2.19. The Morgan fingerprint density at radius 2 is 2.50 bits per heavy atom. The van der Waals surface area contributed by atoms with Gasteiger partial charge in [0.1, 0.15) is 0 Å². The number of nitrogens with one attached hydrogen (secondary N) is 1. The molecule has 0 spiro atoms. The van der Waals surface area contributed by atoms with Crippen molar-refractivity contribution in [2.45, 2.75) is 25.9 Å². The van der Waals surface area contributed by atoms with Crippen molar-refractivity contribution in [2.75, 3.05) is 24.2 Å². The quantitative estimate of drug-likeness (QED) is 0.815. The summed E-state index contributed by atoms with van der Waals surface area (Å²) in [4.78, 5) is 3.97. The van der Waals surface area contributed by atoms with E-state index >= 15 is 0 Å². The van der Waals surface area contributed by atoms with E-state index in [2.05, 4.69) is 17.2 Å². The molecule has 16 heavy (non-hydrogen) atoms. The first-order valence-corrected chi connectivity index (χ1v) is 5.86. The van der Waals surface area contributed by atoms with Gasteiger partial charge in [0.25, 0.3) is 0 Å². The van der Waals surface area contributed by atoms with Gasteiger partial charge in [-0.15, -0.1) is 0 Å². The number of nitrogens with zero attached hydrogens (tertiary/aromatic N) is 1. The Hall–Kier alpha value is -1.29. The number of ether oxygens (including phenoxy) is 1. The molecule has 88 valence electrons. The maximum atomic E-state index is 5.82. The molecule has 0 saturated carbocycles. The van der Waals surface area contributed by atoms with Crippen LogP contribution in [0, 0.1) is 5.92 Å². The average Bonchev–Trinajstić information content (AvgIpc) is 2.75. The molecule has 3 N–H and O–H groups in total. The van der Waals surface area contributed by atoms with E-state index in [-0.39, 0.29) is 0 Å². The molecule has 1 aliphatic rings. The van der Waals surface area contributed by atoms with E-state index in [1.807, 2.05) is 6.07 Å². The lowest BCUT2D eigenvalue weighted by atomic mass is 9.99. The normalized spacial score (nSPS) is 24.6. The summed E-state index contributed by atoms with van der Waals surface area (Å²) in [6.07, 6.45) is 6.04. The average molecular weight is 221 g/mol. The first-order chi connectivity index (χ1) is 7.81. The number of hydrogen-bond donors (Lipinski definition) is 2. The maximum Gasteiger partial charge on any atom is 0.0736 e. The Labute approximate surface area is 96.2 Å². The molecule has 2 rings (SSSR count). The van der Waals surface area contributed by atoms with Crippen LogP contribution in [0.15, 0.2) is 18.5 Å². The number of nitrogens with two attached hydrogens (primary N) is 1. The second-order valence-corrected chi connectivity index (χ2v) is 4.21. The lowest BCUT2D eigenvalue weighted by Crippen LogP contribution is -2.23. The summed E-state index contributed by atoms with van der Waals surface area (Å²) in [6.45, 7) is 3.98. The van der Waals surface area contributed by atoms with Gasteiger partial charge in [-0.25, -0.2) is 0 Å². The molecule has 1 aliphatic heterocycles. The van der Waals surface area contributed by atoms with Crippen LogP contribution < -0.4 is 11.1 Å². The zero-order valence-corrected chi connectivity index (χ0v) is 9.65.